The number of amides is 1. The molecule has 25 heavy (non-hydrogen) atoms. The smallest absolute Gasteiger partial charge is 0.270 e. The molecule has 0 unspecified atom stereocenters. The lowest BCUT2D eigenvalue weighted by atomic mass is 10.2. The summed E-state index contributed by atoms with van der Waals surface area (Å²) in [5.41, 5.74) is 1.59. The highest BCUT2D eigenvalue weighted by Crippen LogP contribution is 2.15. The van der Waals surface area contributed by atoms with E-state index in [1.807, 2.05) is 37.3 Å². The Hall–Kier alpha value is -3.22. The summed E-state index contributed by atoms with van der Waals surface area (Å²) in [5.74, 6) is 0.612. The van der Waals surface area contributed by atoms with Crippen LogP contribution in [0.5, 0.6) is 5.75 Å². The summed E-state index contributed by atoms with van der Waals surface area (Å²) in [5, 5.41) is 14.4. The lowest BCUT2D eigenvalue weighted by molar-refractivity contribution is 0.102. The van der Waals surface area contributed by atoms with Crippen LogP contribution in [-0.2, 0) is 13.2 Å². The van der Waals surface area contributed by atoms with Crippen LogP contribution < -0.4 is 10.1 Å². The molecular weight excluding hydrogens is 318 g/mol. The number of carbonyl (C=O) groups is 1. The molecule has 1 aromatic heterocycles. The summed E-state index contributed by atoms with van der Waals surface area (Å²) in [6.45, 7) is 3.16. The lowest BCUT2D eigenvalue weighted by Gasteiger charge is -2.07. The second kappa shape index (κ2) is 8.05. The largest absolute Gasteiger partial charge is 0.489 e. The van der Waals surface area contributed by atoms with Gasteiger partial charge in [-0.3, -0.25) is 10.1 Å². The van der Waals surface area contributed by atoms with Crippen LogP contribution in [-0.4, -0.2) is 26.1 Å². The molecule has 0 fully saturated rings. The van der Waals surface area contributed by atoms with Gasteiger partial charge < -0.3 is 4.74 Å². The Bertz CT molecular complexity index is 815. The molecule has 7 nitrogen and oxygen atoms in total. The van der Waals surface area contributed by atoms with Crippen LogP contribution in [0.3, 0.4) is 0 Å². The van der Waals surface area contributed by atoms with Crippen molar-refractivity contribution in [3.8, 4) is 5.75 Å². The normalized spacial score (nSPS) is 10.4. The van der Waals surface area contributed by atoms with E-state index in [0.717, 1.165) is 12.0 Å². The molecule has 1 heterocycles. The van der Waals surface area contributed by atoms with E-state index in [9.17, 15) is 4.79 Å². The van der Waals surface area contributed by atoms with Crippen molar-refractivity contribution in [2.75, 3.05) is 5.32 Å². The first-order valence-corrected chi connectivity index (χ1v) is 8.10. The molecule has 1 amide bonds. The molecule has 0 spiro atoms. The number of hydrogen-bond acceptors (Lipinski definition) is 5. The van der Waals surface area contributed by atoms with Crippen LogP contribution in [0.15, 0.2) is 54.6 Å². The topological polar surface area (TPSA) is 81.9 Å². The van der Waals surface area contributed by atoms with Gasteiger partial charge in [0.05, 0.1) is 6.54 Å². The molecule has 2 aromatic carbocycles. The fourth-order valence-electron chi connectivity index (χ4n) is 2.21. The molecule has 0 aliphatic carbocycles. The fourth-order valence-corrected chi connectivity index (χ4v) is 2.21. The van der Waals surface area contributed by atoms with E-state index in [4.69, 9.17) is 4.74 Å². The quantitative estimate of drug-likeness (QED) is 0.717. The standard InChI is InChI=1S/C18H19N5O2/c1-2-12-23-21-18(20-22-23)19-17(24)15-8-10-16(11-9-15)25-13-14-6-4-3-5-7-14/h3-11H,2,12-13H2,1H3,(H,19,21,24). The van der Waals surface area contributed by atoms with Crippen molar-refractivity contribution in [3.05, 3.63) is 65.7 Å². The third kappa shape index (κ3) is 4.63. The van der Waals surface area contributed by atoms with Crippen molar-refractivity contribution < 1.29 is 9.53 Å². The number of tetrazole rings is 1. The summed E-state index contributed by atoms with van der Waals surface area (Å²) >= 11 is 0. The summed E-state index contributed by atoms with van der Waals surface area (Å²) in [6, 6.07) is 16.8. The van der Waals surface area contributed by atoms with Crippen LogP contribution in [0.2, 0.25) is 0 Å². The highest BCUT2D eigenvalue weighted by atomic mass is 16.5. The van der Waals surface area contributed by atoms with Gasteiger partial charge >= 0.3 is 0 Å². The van der Waals surface area contributed by atoms with Crippen molar-refractivity contribution >= 4 is 11.9 Å². The van der Waals surface area contributed by atoms with Crippen LogP contribution in [0.25, 0.3) is 0 Å². The minimum atomic E-state index is -0.286. The summed E-state index contributed by atoms with van der Waals surface area (Å²) in [7, 11) is 0. The lowest BCUT2D eigenvalue weighted by Crippen LogP contribution is -2.13. The predicted molar refractivity (Wildman–Crippen MR) is 93.3 cm³/mol. The van der Waals surface area contributed by atoms with Gasteiger partial charge in [-0.15, -0.1) is 5.10 Å². The van der Waals surface area contributed by atoms with Crippen LogP contribution in [0.1, 0.15) is 29.3 Å². The van der Waals surface area contributed by atoms with Gasteiger partial charge in [-0.1, -0.05) is 42.4 Å². The van der Waals surface area contributed by atoms with Crippen molar-refractivity contribution in [2.24, 2.45) is 0 Å². The van der Waals surface area contributed by atoms with E-state index in [-0.39, 0.29) is 11.9 Å². The van der Waals surface area contributed by atoms with E-state index in [1.54, 1.807) is 24.3 Å². The molecule has 0 aliphatic heterocycles. The molecule has 3 aromatic rings. The molecule has 7 heteroatoms. The fraction of sp³-hybridized carbons (Fsp3) is 0.222. The van der Waals surface area contributed by atoms with Gasteiger partial charge in [-0.05, 0) is 41.5 Å². The molecule has 0 saturated carbocycles. The summed E-state index contributed by atoms with van der Waals surface area (Å²) in [4.78, 5) is 13.7. The number of ether oxygens (including phenoxy) is 1. The first-order valence-electron chi connectivity index (χ1n) is 8.10. The molecule has 0 atom stereocenters. The maximum Gasteiger partial charge on any atom is 0.270 e. The Labute approximate surface area is 145 Å². The Morgan fingerprint density at radius 1 is 1.12 bits per heavy atom. The van der Waals surface area contributed by atoms with Gasteiger partial charge in [-0.25, -0.2) is 0 Å². The highest BCUT2D eigenvalue weighted by molar-refractivity contribution is 6.03. The third-order valence-corrected chi connectivity index (χ3v) is 3.47. The van der Waals surface area contributed by atoms with E-state index in [0.29, 0.717) is 24.5 Å². The zero-order chi connectivity index (χ0) is 17.5. The molecule has 0 bridgehead atoms. The van der Waals surface area contributed by atoms with Crippen LogP contribution in [0.4, 0.5) is 5.95 Å². The predicted octanol–water partition coefficient (Wildman–Crippen LogP) is 2.91. The maximum absolute atomic E-state index is 12.2. The second-order valence-electron chi connectivity index (χ2n) is 5.46. The van der Waals surface area contributed by atoms with Crippen molar-refractivity contribution in [1.82, 2.24) is 20.2 Å². The summed E-state index contributed by atoms with van der Waals surface area (Å²) < 4.78 is 5.71. The molecule has 0 radical (unpaired) electrons. The number of aromatic nitrogens is 4. The Morgan fingerprint density at radius 2 is 1.88 bits per heavy atom. The average Bonchev–Trinajstić information content (AvgIpc) is 3.08. The molecule has 1 N–H and O–H groups in total. The average molecular weight is 337 g/mol. The Balaban J connectivity index is 1.56. The van der Waals surface area contributed by atoms with Gasteiger partial charge in [0.25, 0.3) is 11.9 Å². The van der Waals surface area contributed by atoms with Crippen LogP contribution >= 0.6 is 0 Å². The SMILES string of the molecule is CCCn1nnc(NC(=O)c2ccc(OCc3ccccc3)cc2)n1. The molecule has 3 rings (SSSR count). The number of nitrogens with zero attached hydrogens (tertiary/aromatic N) is 4. The molecular formula is C18H19N5O2. The molecule has 128 valence electrons. The van der Waals surface area contributed by atoms with Gasteiger partial charge in [0, 0.05) is 5.56 Å². The van der Waals surface area contributed by atoms with Gasteiger partial charge in [-0.2, -0.15) is 4.80 Å². The number of carbonyl (C=O) groups excluding carboxylic acids is 1. The minimum Gasteiger partial charge on any atom is -0.489 e. The Morgan fingerprint density at radius 3 is 2.60 bits per heavy atom. The number of anilines is 1. The molecule has 0 aliphatic rings. The minimum absolute atomic E-state index is 0.197. The van der Waals surface area contributed by atoms with Crippen molar-refractivity contribution in [3.63, 3.8) is 0 Å². The Kier molecular flexibility index (Phi) is 5.36. The zero-order valence-electron chi connectivity index (χ0n) is 13.9. The molecule has 0 saturated heterocycles. The van der Waals surface area contributed by atoms with E-state index >= 15 is 0 Å². The number of aryl methyl sites for hydroxylation is 1. The van der Waals surface area contributed by atoms with Gasteiger partial charge in [0.15, 0.2) is 0 Å². The monoisotopic (exact) mass is 337 g/mol. The number of rotatable bonds is 7. The first-order chi connectivity index (χ1) is 12.2. The van der Waals surface area contributed by atoms with Crippen molar-refractivity contribution in [2.45, 2.75) is 26.5 Å². The number of benzene rings is 2. The maximum atomic E-state index is 12.2. The van der Waals surface area contributed by atoms with E-state index < -0.39 is 0 Å². The van der Waals surface area contributed by atoms with Crippen LogP contribution in [0, 0.1) is 0 Å². The van der Waals surface area contributed by atoms with E-state index in [2.05, 4.69) is 20.7 Å². The van der Waals surface area contributed by atoms with Crippen molar-refractivity contribution in [1.29, 1.82) is 0 Å². The second-order valence-corrected chi connectivity index (χ2v) is 5.46. The number of hydrogen-bond donors (Lipinski definition) is 1. The number of nitrogens with one attached hydrogen (secondary N) is 1. The third-order valence-electron chi connectivity index (χ3n) is 3.47. The van der Waals surface area contributed by atoms with Gasteiger partial charge in [0.2, 0.25) is 0 Å². The zero-order valence-corrected chi connectivity index (χ0v) is 13.9. The van der Waals surface area contributed by atoms with E-state index in [1.165, 1.54) is 4.80 Å². The van der Waals surface area contributed by atoms with Gasteiger partial charge in [0.1, 0.15) is 12.4 Å². The summed E-state index contributed by atoms with van der Waals surface area (Å²) in [6.07, 6.45) is 0.897. The first kappa shape index (κ1) is 16.6. The highest BCUT2D eigenvalue weighted by Gasteiger charge is 2.10.